The van der Waals surface area contributed by atoms with Crippen LogP contribution in [0, 0.1) is 0 Å². The Morgan fingerprint density at radius 3 is 2.59 bits per heavy atom. The quantitative estimate of drug-likeness (QED) is 0.324. The van der Waals surface area contributed by atoms with Crippen molar-refractivity contribution in [1.82, 2.24) is 14.3 Å². The Hall–Kier alpha value is -3.57. The fraction of sp³-hybridized carbons (Fsp3) is 0.269. The molecule has 0 unspecified atom stereocenters. The molecule has 5 rings (SSSR count). The number of fused-ring (bicyclic) bond motifs is 1. The Bertz CT molecular complexity index is 1520. The molecule has 0 bridgehead atoms. The number of hydrogen-bond donors (Lipinski definition) is 0. The third-order valence-corrected chi connectivity index (χ3v) is 8.14. The first kappa shape index (κ1) is 25.1. The molecule has 0 spiro atoms. The Balaban J connectivity index is 1.28. The van der Waals surface area contributed by atoms with E-state index in [1.54, 1.807) is 36.4 Å². The first-order valence-electron chi connectivity index (χ1n) is 11.6. The molecule has 0 N–H and O–H groups in total. The summed E-state index contributed by atoms with van der Waals surface area (Å²) in [6, 6.07) is 13.2. The number of nitrogens with zero attached hydrogens (tertiary/aromatic N) is 3. The highest BCUT2D eigenvalue weighted by Gasteiger charge is 2.40. The molecule has 4 aromatic rings. The van der Waals surface area contributed by atoms with E-state index >= 15 is 0 Å². The largest absolute Gasteiger partial charge is 0.443 e. The first-order chi connectivity index (χ1) is 17.6. The van der Waals surface area contributed by atoms with Crippen LogP contribution in [0.5, 0.6) is 0 Å². The minimum Gasteiger partial charge on any atom is -0.443 e. The van der Waals surface area contributed by atoms with Gasteiger partial charge in [0.05, 0.1) is 23.0 Å². The Morgan fingerprint density at radius 2 is 1.86 bits per heavy atom. The number of alkyl halides is 3. The smallest absolute Gasteiger partial charge is 0.417 e. The number of hydrogen-bond acceptors (Lipinski definition) is 6. The van der Waals surface area contributed by atoms with E-state index < -0.39 is 27.8 Å². The molecular formula is C26H22F3N3O4S. The lowest BCUT2D eigenvalue weighted by atomic mass is 10.0. The number of carbonyl (C=O) groups is 1. The zero-order chi connectivity index (χ0) is 26.2. The monoisotopic (exact) mass is 529 g/mol. The van der Waals surface area contributed by atoms with Gasteiger partial charge in [-0.25, -0.2) is 8.42 Å². The van der Waals surface area contributed by atoms with Gasteiger partial charge in [-0.3, -0.25) is 14.8 Å². The van der Waals surface area contributed by atoms with Gasteiger partial charge in [-0.2, -0.15) is 17.5 Å². The number of furan rings is 1. The van der Waals surface area contributed by atoms with Crippen LogP contribution in [-0.4, -0.2) is 41.1 Å². The predicted octanol–water partition coefficient (Wildman–Crippen LogP) is 5.26. The van der Waals surface area contributed by atoms with Crippen LogP contribution in [-0.2, 0) is 27.4 Å². The Morgan fingerprint density at radius 1 is 1.05 bits per heavy atom. The second-order valence-electron chi connectivity index (χ2n) is 8.82. The molecule has 1 atom stereocenters. The molecule has 37 heavy (non-hydrogen) atoms. The summed E-state index contributed by atoms with van der Waals surface area (Å²) in [7, 11) is -3.99. The van der Waals surface area contributed by atoms with E-state index in [2.05, 4.69) is 9.97 Å². The molecule has 4 heterocycles. The number of aromatic nitrogens is 2. The van der Waals surface area contributed by atoms with E-state index in [-0.39, 0.29) is 29.5 Å². The molecule has 0 saturated carbocycles. The van der Waals surface area contributed by atoms with Crippen molar-refractivity contribution in [3.05, 3.63) is 78.1 Å². The lowest BCUT2D eigenvalue weighted by Crippen LogP contribution is -2.40. The van der Waals surface area contributed by atoms with Crippen LogP contribution in [0.2, 0.25) is 0 Å². The number of pyridine rings is 2. The molecule has 192 valence electrons. The van der Waals surface area contributed by atoms with Gasteiger partial charge in [-0.1, -0.05) is 18.2 Å². The summed E-state index contributed by atoms with van der Waals surface area (Å²) in [4.78, 5) is 21.1. The van der Waals surface area contributed by atoms with Crippen molar-refractivity contribution in [2.24, 2.45) is 0 Å². The van der Waals surface area contributed by atoms with Crippen molar-refractivity contribution < 1.29 is 30.8 Å². The normalized spacial score (nSPS) is 16.9. The van der Waals surface area contributed by atoms with Gasteiger partial charge in [0.2, 0.25) is 5.09 Å². The molecule has 1 aliphatic rings. The van der Waals surface area contributed by atoms with Gasteiger partial charge in [-0.15, -0.1) is 0 Å². The number of aryl methyl sites for hydroxylation is 1. The van der Waals surface area contributed by atoms with E-state index in [1.807, 2.05) is 0 Å². The average molecular weight is 530 g/mol. The van der Waals surface area contributed by atoms with Gasteiger partial charge >= 0.3 is 6.18 Å². The summed E-state index contributed by atoms with van der Waals surface area (Å²) in [5, 5.41) is 0.482. The molecule has 1 fully saturated rings. The number of halogens is 3. The van der Waals surface area contributed by atoms with E-state index in [1.165, 1.54) is 22.6 Å². The zero-order valence-electron chi connectivity index (χ0n) is 19.5. The third-order valence-electron chi connectivity index (χ3n) is 6.38. The molecule has 0 amide bonds. The molecule has 0 aliphatic carbocycles. The van der Waals surface area contributed by atoms with Crippen molar-refractivity contribution in [2.45, 2.75) is 43.0 Å². The lowest BCUT2D eigenvalue weighted by molar-refractivity contribution is -0.137. The van der Waals surface area contributed by atoms with Crippen LogP contribution in [0.1, 0.15) is 30.4 Å². The molecule has 1 aliphatic heterocycles. The second kappa shape index (κ2) is 9.71. The van der Waals surface area contributed by atoms with Gasteiger partial charge < -0.3 is 4.42 Å². The van der Waals surface area contributed by atoms with Crippen LogP contribution < -0.4 is 0 Å². The summed E-state index contributed by atoms with van der Waals surface area (Å²) in [6.07, 6.45) is -0.811. The van der Waals surface area contributed by atoms with Gasteiger partial charge in [0.25, 0.3) is 10.0 Å². The van der Waals surface area contributed by atoms with Crippen LogP contribution in [0.15, 0.2) is 76.5 Å². The van der Waals surface area contributed by atoms with Crippen LogP contribution in [0.25, 0.3) is 22.4 Å². The van der Waals surface area contributed by atoms with Crippen LogP contribution in [0.3, 0.4) is 0 Å². The molecule has 0 radical (unpaired) electrons. The average Bonchev–Trinajstić information content (AvgIpc) is 3.55. The number of sulfonamides is 1. The highest BCUT2D eigenvalue weighted by atomic mass is 32.2. The minimum absolute atomic E-state index is 0.0979. The second-order valence-corrected chi connectivity index (χ2v) is 10.6. The Kier molecular flexibility index (Phi) is 6.59. The fourth-order valence-electron chi connectivity index (χ4n) is 4.47. The van der Waals surface area contributed by atoms with Crippen LogP contribution >= 0.6 is 0 Å². The van der Waals surface area contributed by atoms with E-state index in [0.29, 0.717) is 35.9 Å². The number of Topliss-reactive ketones (excluding diaryl/α,β-unsaturated/α-hetero) is 1. The molecule has 1 saturated heterocycles. The number of para-hydroxylation sites is 1. The standard InChI is InChI=1S/C26H22F3N3O4S/c27-26(28,29)19-8-9-20(31-16-19)21-14-17(11-12-30-21)7-10-23(33)22-5-3-13-32(22)37(34,35)25-15-18-4-1-2-6-24(18)36-25/h1-2,4,6,8-9,11-12,14-16,22H,3,5,7,10,13H2/t22-/m0/s1. The maximum Gasteiger partial charge on any atom is 0.417 e. The highest BCUT2D eigenvalue weighted by Crippen LogP contribution is 2.32. The third kappa shape index (κ3) is 5.14. The molecule has 1 aromatic carbocycles. The summed E-state index contributed by atoms with van der Waals surface area (Å²) < 4.78 is 71.7. The van der Waals surface area contributed by atoms with Crippen molar-refractivity contribution in [3.63, 3.8) is 0 Å². The van der Waals surface area contributed by atoms with Gasteiger partial charge in [0.15, 0.2) is 5.78 Å². The highest BCUT2D eigenvalue weighted by molar-refractivity contribution is 7.89. The minimum atomic E-state index is -4.48. The zero-order valence-corrected chi connectivity index (χ0v) is 20.3. The SMILES string of the molecule is O=C(CCc1ccnc(-c2ccc(C(F)(F)F)cn2)c1)[C@@H]1CCCN1S(=O)(=O)c1cc2ccccc2o1. The number of benzene rings is 1. The maximum atomic E-state index is 13.3. The summed E-state index contributed by atoms with van der Waals surface area (Å²) in [5.74, 6) is -0.205. The van der Waals surface area contributed by atoms with Crippen molar-refractivity contribution in [2.75, 3.05) is 6.54 Å². The molecule has 7 nitrogen and oxygen atoms in total. The van der Waals surface area contributed by atoms with Crippen molar-refractivity contribution >= 4 is 26.8 Å². The number of ketones is 1. The number of carbonyl (C=O) groups excluding carboxylic acids is 1. The van der Waals surface area contributed by atoms with Crippen molar-refractivity contribution in [1.29, 1.82) is 0 Å². The first-order valence-corrected chi connectivity index (χ1v) is 13.1. The van der Waals surface area contributed by atoms with Gasteiger partial charge in [-0.05, 0) is 55.2 Å². The lowest BCUT2D eigenvalue weighted by Gasteiger charge is -2.21. The molecule has 11 heteroatoms. The van der Waals surface area contributed by atoms with Crippen LogP contribution in [0.4, 0.5) is 13.2 Å². The molecule has 3 aromatic heterocycles. The number of rotatable bonds is 7. The maximum absolute atomic E-state index is 13.3. The summed E-state index contributed by atoms with van der Waals surface area (Å²) >= 11 is 0. The van der Waals surface area contributed by atoms with Crippen molar-refractivity contribution in [3.8, 4) is 11.4 Å². The Labute approximate surface area is 211 Å². The summed E-state index contributed by atoms with van der Waals surface area (Å²) in [6.45, 7) is 0.231. The summed E-state index contributed by atoms with van der Waals surface area (Å²) in [5.41, 5.74) is 1.01. The van der Waals surface area contributed by atoms with E-state index in [9.17, 15) is 26.4 Å². The van der Waals surface area contributed by atoms with E-state index in [0.717, 1.165) is 17.8 Å². The fourth-order valence-corrected chi connectivity index (χ4v) is 6.10. The predicted molar refractivity (Wildman–Crippen MR) is 129 cm³/mol. The topological polar surface area (TPSA) is 93.4 Å². The molecular weight excluding hydrogens is 507 g/mol. The van der Waals surface area contributed by atoms with E-state index in [4.69, 9.17) is 4.42 Å². The van der Waals surface area contributed by atoms with Gasteiger partial charge in [0.1, 0.15) is 5.58 Å². The van der Waals surface area contributed by atoms with Gasteiger partial charge in [0, 0.05) is 36.8 Å².